The highest BCUT2D eigenvalue weighted by Gasteiger charge is 2.11. The van der Waals surface area contributed by atoms with Crippen molar-refractivity contribution in [2.24, 2.45) is 7.05 Å². The second kappa shape index (κ2) is 6.09. The van der Waals surface area contributed by atoms with Gasteiger partial charge in [0.25, 0.3) is 0 Å². The van der Waals surface area contributed by atoms with E-state index in [1.165, 1.54) is 0 Å². The molecule has 21 heavy (non-hydrogen) atoms. The average molecular weight is 300 g/mol. The van der Waals surface area contributed by atoms with Gasteiger partial charge in [-0.05, 0) is 19.1 Å². The fourth-order valence-electron chi connectivity index (χ4n) is 2.06. The zero-order chi connectivity index (χ0) is 14.7. The van der Waals surface area contributed by atoms with Gasteiger partial charge in [-0.15, -0.1) is 10.2 Å². The summed E-state index contributed by atoms with van der Waals surface area (Å²) in [5, 5.41) is 9.42. The highest BCUT2D eigenvalue weighted by atomic mass is 32.2. The van der Waals surface area contributed by atoms with Crippen LogP contribution in [0.1, 0.15) is 5.82 Å². The van der Waals surface area contributed by atoms with Gasteiger partial charge >= 0.3 is 0 Å². The molecule has 0 aromatic carbocycles. The summed E-state index contributed by atoms with van der Waals surface area (Å²) in [7, 11) is 1.98. The monoisotopic (exact) mass is 300 g/mol. The maximum atomic E-state index is 4.26. The van der Waals surface area contributed by atoms with Gasteiger partial charge in [-0.2, -0.15) is 0 Å². The minimum absolute atomic E-state index is 0.837. The minimum atomic E-state index is 0.837. The molecule has 3 aromatic heterocycles. The lowest BCUT2D eigenvalue weighted by Crippen LogP contribution is -2.02. The summed E-state index contributed by atoms with van der Waals surface area (Å²) >= 11 is 1.69. The molecule has 108 valence electrons. The first-order valence-electron chi connectivity index (χ1n) is 6.66. The number of thioether (sulfide) groups is 1. The fraction of sp³-hybridized carbons (Fsp3) is 0.286. The van der Waals surface area contributed by atoms with E-state index in [9.17, 15) is 0 Å². The second-order valence-corrected chi connectivity index (χ2v) is 5.69. The van der Waals surface area contributed by atoms with Gasteiger partial charge in [0.2, 0.25) is 0 Å². The molecule has 0 N–H and O–H groups in total. The first kappa shape index (κ1) is 13.8. The largest absolute Gasteiger partial charge is 0.334 e. The first-order chi connectivity index (χ1) is 10.3. The van der Waals surface area contributed by atoms with E-state index in [0.29, 0.717) is 0 Å². The second-order valence-electron chi connectivity index (χ2n) is 4.62. The van der Waals surface area contributed by atoms with E-state index in [2.05, 4.69) is 24.7 Å². The standard InChI is InChI=1S/C14H16N6S/c1-11-16-6-7-20(11)8-9-21-14-18-17-13(19(14)2)12-4-3-5-15-10-12/h3-7,10H,8-9H2,1-2H3. The fourth-order valence-corrected chi connectivity index (χ4v) is 2.91. The van der Waals surface area contributed by atoms with E-state index in [4.69, 9.17) is 0 Å². The summed E-state index contributed by atoms with van der Waals surface area (Å²) in [6, 6.07) is 3.89. The number of aryl methyl sites for hydroxylation is 2. The van der Waals surface area contributed by atoms with Gasteiger partial charge in [-0.3, -0.25) is 4.98 Å². The van der Waals surface area contributed by atoms with Gasteiger partial charge in [0, 0.05) is 49.7 Å². The third-order valence-electron chi connectivity index (χ3n) is 3.24. The van der Waals surface area contributed by atoms with Crippen molar-refractivity contribution in [3.8, 4) is 11.4 Å². The van der Waals surface area contributed by atoms with Crippen LogP contribution < -0.4 is 0 Å². The highest BCUT2D eigenvalue weighted by Crippen LogP contribution is 2.22. The van der Waals surface area contributed by atoms with Crippen LogP contribution in [0.3, 0.4) is 0 Å². The smallest absolute Gasteiger partial charge is 0.191 e. The quantitative estimate of drug-likeness (QED) is 0.676. The summed E-state index contributed by atoms with van der Waals surface area (Å²) in [4.78, 5) is 8.34. The van der Waals surface area contributed by atoms with Gasteiger partial charge in [0.05, 0.1) is 0 Å². The Hall–Kier alpha value is -2.15. The van der Waals surface area contributed by atoms with E-state index in [1.807, 2.05) is 43.1 Å². The molecular weight excluding hydrogens is 284 g/mol. The van der Waals surface area contributed by atoms with Crippen molar-refractivity contribution >= 4 is 11.8 Å². The molecule has 0 saturated carbocycles. The van der Waals surface area contributed by atoms with Crippen LogP contribution >= 0.6 is 11.8 Å². The zero-order valence-electron chi connectivity index (χ0n) is 12.0. The Kier molecular flexibility index (Phi) is 4.01. The normalized spacial score (nSPS) is 11.0. The average Bonchev–Trinajstić information content (AvgIpc) is 3.07. The van der Waals surface area contributed by atoms with Gasteiger partial charge in [0.15, 0.2) is 11.0 Å². The Morgan fingerprint density at radius 1 is 1.24 bits per heavy atom. The summed E-state index contributed by atoms with van der Waals surface area (Å²) < 4.78 is 4.13. The van der Waals surface area contributed by atoms with Crippen LogP contribution in [-0.2, 0) is 13.6 Å². The molecule has 0 bridgehead atoms. The predicted molar refractivity (Wildman–Crippen MR) is 81.9 cm³/mol. The number of imidazole rings is 1. The SMILES string of the molecule is Cc1nccn1CCSc1nnc(-c2cccnc2)n1C. The van der Waals surface area contributed by atoms with Crippen molar-refractivity contribution < 1.29 is 0 Å². The Morgan fingerprint density at radius 2 is 2.14 bits per heavy atom. The lowest BCUT2D eigenvalue weighted by molar-refractivity contribution is 0.732. The van der Waals surface area contributed by atoms with Gasteiger partial charge in [0.1, 0.15) is 5.82 Å². The van der Waals surface area contributed by atoms with Crippen molar-refractivity contribution in [3.05, 3.63) is 42.7 Å². The molecule has 0 radical (unpaired) electrons. The number of aromatic nitrogens is 6. The number of hydrogen-bond acceptors (Lipinski definition) is 5. The van der Waals surface area contributed by atoms with Crippen LogP contribution in [0, 0.1) is 6.92 Å². The summed E-state index contributed by atoms with van der Waals surface area (Å²) in [6.45, 7) is 2.92. The van der Waals surface area contributed by atoms with Crippen molar-refractivity contribution in [1.82, 2.24) is 29.3 Å². The van der Waals surface area contributed by atoms with Crippen LogP contribution in [0.15, 0.2) is 42.1 Å². The van der Waals surface area contributed by atoms with Crippen LogP contribution in [0.2, 0.25) is 0 Å². The molecule has 0 saturated heterocycles. The number of hydrogen-bond donors (Lipinski definition) is 0. The van der Waals surface area contributed by atoms with E-state index >= 15 is 0 Å². The molecule has 0 aliphatic heterocycles. The number of rotatable bonds is 5. The van der Waals surface area contributed by atoms with Gasteiger partial charge in [-0.1, -0.05) is 11.8 Å². The van der Waals surface area contributed by atoms with E-state index in [-0.39, 0.29) is 0 Å². The van der Waals surface area contributed by atoms with E-state index in [1.54, 1.807) is 24.2 Å². The molecule has 0 spiro atoms. The van der Waals surface area contributed by atoms with Crippen LogP contribution in [0.25, 0.3) is 11.4 Å². The van der Waals surface area contributed by atoms with Crippen LogP contribution in [-0.4, -0.2) is 35.1 Å². The molecule has 6 nitrogen and oxygen atoms in total. The molecule has 0 unspecified atom stereocenters. The number of pyridine rings is 1. The van der Waals surface area contributed by atoms with E-state index < -0.39 is 0 Å². The van der Waals surface area contributed by atoms with E-state index in [0.717, 1.165) is 34.7 Å². The van der Waals surface area contributed by atoms with Crippen LogP contribution in [0.4, 0.5) is 0 Å². The lowest BCUT2D eigenvalue weighted by atomic mass is 10.3. The molecular formula is C14H16N6S. The topological polar surface area (TPSA) is 61.4 Å². The zero-order valence-corrected chi connectivity index (χ0v) is 12.8. The molecule has 3 heterocycles. The molecule has 3 aromatic rings. The number of nitrogens with zero attached hydrogens (tertiary/aromatic N) is 6. The summed E-state index contributed by atoms with van der Waals surface area (Å²) in [5.41, 5.74) is 0.977. The Bertz CT molecular complexity index is 718. The molecule has 0 fully saturated rings. The minimum Gasteiger partial charge on any atom is -0.334 e. The molecule has 0 amide bonds. The van der Waals surface area contributed by atoms with Crippen LogP contribution in [0.5, 0.6) is 0 Å². The van der Waals surface area contributed by atoms with Gasteiger partial charge < -0.3 is 9.13 Å². The Morgan fingerprint density at radius 3 is 2.86 bits per heavy atom. The third-order valence-corrected chi connectivity index (χ3v) is 4.24. The highest BCUT2D eigenvalue weighted by molar-refractivity contribution is 7.99. The van der Waals surface area contributed by atoms with Crippen molar-refractivity contribution in [1.29, 1.82) is 0 Å². The molecule has 3 rings (SSSR count). The Balaban J connectivity index is 1.67. The lowest BCUT2D eigenvalue weighted by Gasteiger charge is -2.05. The molecule has 0 aliphatic rings. The Labute approximate surface area is 127 Å². The first-order valence-corrected chi connectivity index (χ1v) is 7.64. The van der Waals surface area contributed by atoms with Crippen molar-refractivity contribution in [2.45, 2.75) is 18.6 Å². The third kappa shape index (κ3) is 2.97. The maximum Gasteiger partial charge on any atom is 0.191 e. The molecule has 7 heteroatoms. The maximum absolute atomic E-state index is 4.26. The summed E-state index contributed by atoms with van der Waals surface area (Å²) in [6.07, 6.45) is 7.37. The van der Waals surface area contributed by atoms with Crippen molar-refractivity contribution in [3.63, 3.8) is 0 Å². The predicted octanol–water partition coefficient (Wildman–Crippen LogP) is 2.17. The summed E-state index contributed by atoms with van der Waals surface area (Å²) in [5.74, 6) is 2.80. The molecule has 0 atom stereocenters. The van der Waals surface area contributed by atoms with Gasteiger partial charge in [-0.25, -0.2) is 4.98 Å². The van der Waals surface area contributed by atoms with Crippen molar-refractivity contribution in [2.75, 3.05) is 5.75 Å². The molecule has 0 aliphatic carbocycles.